The summed E-state index contributed by atoms with van der Waals surface area (Å²) in [6.07, 6.45) is 2.50. The number of hydrogen-bond acceptors (Lipinski definition) is 5. The smallest absolute Gasteiger partial charge is 0.186 e. The number of thiazole rings is 1. The van der Waals surface area contributed by atoms with Gasteiger partial charge in [0.2, 0.25) is 0 Å². The topological polar surface area (TPSA) is 51.4 Å². The van der Waals surface area contributed by atoms with Crippen LogP contribution >= 0.6 is 11.3 Å². The molecule has 0 unspecified atom stereocenters. The highest BCUT2D eigenvalue weighted by molar-refractivity contribution is 7.16. The Morgan fingerprint density at radius 2 is 2.10 bits per heavy atom. The zero-order valence-electron chi connectivity index (χ0n) is 12.3. The fraction of sp³-hybridized carbons (Fsp3) is 0.438. The summed E-state index contributed by atoms with van der Waals surface area (Å²) < 4.78 is 5.23. The molecule has 0 saturated heterocycles. The normalized spacial score (nSPS) is 14.4. The summed E-state index contributed by atoms with van der Waals surface area (Å²) in [5.41, 5.74) is 8.09. The lowest BCUT2D eigenvalue weighted by Gasteiger charge is -2.20. The number of benzene rings is 1. The second kappa shape index (κ2) is 6.56. The van der Waals surface area contributed by atoms with Gasteiger partial charge in [-0.1, -0.05) is 41.7 Å². The molecule has 2 aromatic rings. The average molecular weight is 303 g/mol. The van der Waals surface area contributed by atoms with E-state index in [1.165, 1.54) is 12.8 Å². The van der Waals surface area contributed by atoms with Crippen LogP contribution in [0.25, 0.3) is 11.3 Å². The van der Waals surface area contributed by atoms with Crippen molar-refractivity contribution in [3.63, 3.8) is 0 Å². The minimum atomic E-state index is 0.532. The van der Waals surface area contributed by atoms with Gasteiger partial charge in [0.05, 0.1) is 12.3 Å². The SMILES string of the molecule is COCCN(c1nc(-c2ccccc2)c(CN)s1)C1CC1. The number of nitrogens with zero attached hydrogens (tertiary/aromatic N) is 2. The van der Waals surface area contributed by atoms with Crippen molar-refractivity contribution in [2.45, 2.75) is 25.4 Å². The lowest BCUT2D eigenvalue weighted by molar-refractivity contribution is 0.205. The Kier molecular flexibility index (Phi) is 4.53. The Balaban J connectivity index is 1.91. The molecule has 0 atom stereocenters. The van der Waals surface area contributed by atoms with Crippen LogP contribution in [0.15, 0.2) is 30.3 Å². The van der Waals surface area contributed by atoms with Gasteiger partial charge in [-0.2, -0.15) is 0 Å². The van der Waals surface area contributed by atoms with Crippen LogP contribution in [0.4, 0.5) is 5.13 Å². The zero-order chi connectivity index (χ0) is 14.7. The third-order valence-corrected chi connectivity index (χ3v) is 4.80. The number of anilines is 1. The van der Waals surface area contributed by atoms with Gasteiger partial charge in [0.1, 0.15) is 0 Å². The maximum atomic E-state index is 5.92. The molecule has 112 valence electrons. The first-order valence-corrected chi connectivity index (χ1v) is 8.16. The van der Waals surface area contributed by atoms with Crippen LogP contribution in [0.1, 0.15) is 17.7 Å². The highest BCUT2D eigenvalue weighted by Crippen LogP contribution is 2.38. The average Bonchev–Trinajstić information content (AvgIpc) is 3.27. The van der Waals surface area contributed by atoms with Crippen LogP contribution < -0.4 is 10.6 Å². The number of methoxy groups -OCH3 is 1. The largest absolute Gasteiger partial charge is 0.383 e. The minimum Gasteiger partial charge on any atom is -0.383 e. The van der Waals surface area contributed by atoms with E-state index in [-0.39, 0.29) is 0 Å². The Bertz CT molecular complexity index is 580. The molecule has 21 heavy (non-hydrogen) atoms. The van der Waals surface area contributed by atoms with E-state index in [9.17, 15) is 0 Å². The van der Waals surface area contributed by atoms with Crippen LogP contribution in [0, 0.1) is 0 Å². The quantitative estimate of drug-likeness (QED) is 0.854. The van der Waals surface area contributed by atoms with E-state index in [2.05, 4.69) is 17.0 Å². The van der Waals surface area contributed by atoms with Crippen LogP contribution in [-0.4, -0.2) is 31.3 Å². The molecular weight excluding hydrogens is 282 g/mol. The van der Waals surface area contributed by atoms with E-state index >= 15 is 0 Å². The van der Waals surface area contributed by atoms with Crippen LogP contribution in [0.2, 0.25) is 0 Å². The lowest BCUT2D eigenvalue weighted by Crippen LogP contribution is -2.29. The zero-order valence-corrected chi connectivity index (χ0v) is 13.1. The molecule has 1 fully saturated rings. The van der Waals surface area contributed by atoms with Gasteiger partial charge in [-0.05, 0) is 12.8 Å². The molecule has 1 saturated carbocycles. The Hall–Kier alpha value is -1.43. The second-order valence-corrected chi connectivity index (χ2v) is 6.32. The van der Waals surface area contributed by atoms with E-state index in [0.717, 1.165) is 34.4 Å². The summed E-state index contributed by atoms with van der Waals surface area (Å²) in [6.45, 7) is 2.16. The van der Waals surface area contributed by atoms with Crippen molar-refractivity contribution in [2.24, 2.45) is 5.73 Å². The molecule has 2 N–H and O–H groups in total. The molecule has 0 bridgehead atoms. The molecule has 4 nitrogen and oxygen atoms in total. The Morgan fingerprint density at radius 1 is 1.33 bits per heavy atom. The third kappa shape index (κ3) is 3.26. The molecule has 1 aliphatic rings. The van der Waals surface area contributed by atoms with Crippen molar-refractivity contribution < 1.29 is 4.74 Å². The number of ether oxygens (including phenoxy) is 1. The van der Waals surface area contributed by atoms with E-state index in [1.54, 1.807) is 18.4 Å². The van der Waals surface area contributed by atoms with Crippen molar-refractivity contribution in [2.75, 3.05) is 25.2 Å². The van der Waals surface area contributed by atoms with Gasteiger partial charge in [0.15, 0.2) is 5.13 Å². The van der Waals surface area contributed by atoms with Crippen LogP contribution in [-0.2, 0) is 11.3 Å². The summed E-state index contributed by atoms with van der Waals surface area (Å²) in [5.74, 6) is 0. The van der Waals surface area contributed by atoms with Crippen molar-refractivity contribution in [3.05, 3.63) is 35.2 Å². The molecule has 1 aliphatic carbocycles. The minimum absolute atomic E-state index is 0.532. The van der Waals surface area contributed by atoms with E-state index < -0.39 is 0 Å². The van der Waals surface area contributed by atoms with Crippen LogP contribution in [0.3, 0.4) is 0 Å². The predicted molar refractivity (Wildman–Crippen MR) is 87.7 cm³/mol. The number of hydrogen-bond donors (Lipinski definition) is 1. The van der Waals surface area contributed by atoms with Gasteiger partial charge in [-0.3, -0.25) is 0 Å². The van der Waals surface area contributed by atoms with Gasteiger partial charge < -0.3 is 15.4 Å². The van der Waals surface area contributed by atoms with Gasteiger partial charge in [-0.25, -0.2) is 4.98 Å². The Morgan fingerprint density at radius 3 is 2.71 bits per heavy atom. The predicted octanol–water partition coefficient (Wildman–Crippen LogP) is 2.88. The van der Waals surface area contributed by atoms with Gasteiger partial charge in [0, 0.05) is 36.7 Å². The third-order valence-electron chi connectivity index (χ3n) is 3.69. The summed E-state index contributed by atoms with van der Waals surface area (Å²) in [7, 11) is 1.74. The van der Waals surface area contributed by atoms with Gasteiger partial charge in [-0.15, -0.1) is 0 Å². The van der Waals surface area contributed by atoms with Gasteiger partial charge in [0.25, 0.3) is 0 Å². The molecule has 1 heterocycles. The van der Waals surface area contributed by atoms with Crippen LogP contribution in [0.5, 0.6) is 0 Å². The fourth-order valence-electron chi connectivity index (χ4n) is 2.43. The summed E-state index contributed by atoms with van der Waals surface area (Å²) >= 11 is 1.72. The molecule has 0 amide bonds. The van der Waals surface area contributed by atoms with Crippen molar-refractivity contribution in [1.82, 2.24) is 4.98 Å². The molecule has 1 aromatic heterocycles. The first-order valence-electron chi connectivity index (χ1n) is 7.34. The summed E-state index contributed by atoms with van der Waals surface area (Å²) in [4.78, 5) is 8.40. The maximum Gasteiger partial charge on any atom is 0.186 e. The summed E-state index contributed by atoms with van der Waals surface area (Å²) in [5, 5.41) is 1.08. The maximum absolute atomic E-state index is 5.92. The van der Waals surface area contributed by atoms with Crippen molar-refractivity contribution in [1.29, 1.82) is 0 Å². The molecule has 0 spiro atoms. The van der Waals surface area contributed by atoms with Crippen molar-refractivity contribution in [3.8, 4) is 11.3 Å². The number of aromatic nitrogens is 1. The van der Waals surface area contributed by atoms with E-state index in [1.807, 2.05) is 18.2 Å². The Labute approximate surface area is 129 Å². The molecule has 5 heteroatoms. The van der Waals surface area contributed by atoms with E-state index in [4.69, 9.17) is 15.5 Å². The standard InChI is InChI=1S/C16H21N3OS/c1-20-10-9-19(13-7-8-13)16-18-15(14(11-17)21-16)12-5-3-2-4-6-12/h2-6,13H,7-11,17H2,1H3. The summed E-state index contributed by atoms with van der Waals surface area (Å²) in [6, 6.07) is 10.9. The highest BCUT2D eigenvalue weighted by Gasteiger charge is 2.31. The van der Waals surface area contributed by atoms with E-state index in [0.29, 0.717) is 12.6 Å². The molecule has 0 radical (unpaired) electrons. The molecular formula is C16H21N3OS. The first-order chi connectivity index (χ1) is 10.3. The highest BCUT2D eigenvalue weighted by atomic mass is 32.1. The number of rotatable bonds is 7. The van der Waals surface area contributed by atoms with Crippen molar-refractivity contribution >= 4 is 16.5 Å². The van der Waals surface area contributed by atoms with Gasteiger partial charge >= 0.3 is 0 Å². The molecule has 3 rings (SSSR count). The second-order valence-electron chi connectivity index (χ2n) is 5.26. The lowest BCUT2D eigenvalue weighted by atomic mass is 10.1. The monoisotopic (exact) mass is 303 g/mol. The molecule has 0 aliphatic heterocycles. The molecule has 1 aromatic carbocycles. The fourth-order valence-corrected chi connectivity index (χ4v) is 3.49. The number of nitrogens with two attached hydrogens (primary N) is 1. The first kappa shape index (κ1) is 14.5.